The molecule has 0 radical (unpaired) electrons. The third kappa shape index (κ3) is 3.85. The summed E-state index contributed by atoms with van der Waals surface area (Å²) in [6, 6.07) is 7.54. The van der Waals surface area contributed by atoms with E-state index in [4.69, 9.17) is 4.74 Å². The van der Waals surface area contributed by atoms with Gasteiger partial charge in [-0.05, 0) is 37.4 Å². The summed E-state index contributed by atoms with van der Waals surface area (Å²) in [6.45, 7) is 5.01. The summed E-state index contributed by atoms with van der Waals surface area (Å²) >= 11 is 0. The molecule has 22 heavy (non-hydrogen) atoms. The van der Waals surface area contributed by atoms with Crippen molar-refractivity contribution in [1.82, 2.24) is 10.2 Å². The van der Waals surface area contributed by atoms with Crippen LogP contribution in [-0.4, -0.2) is 43.0 Å². The van der Waals surface area contributed by atoms with E-state index in [-0.39, 0.29) is 17.9 Å². The van der Waals surface area contributed by atoms with E-state index in [9.17, 15) is 9.59 Å². The number of piperidine rings is 1. The van der Waals surface area contributed by atoms with Crippen molar-refractivity contribution in [3.8, 4) is 0 Å². The van der Waals surface area contributed by atoms with E-state index in [1.807, 2.05) is 31.2 Å². The molecule has 2 rings (SSSR count). The average molecular weight is 304 g/mol. The highest BCUT2D eigenvalue weighted by Crippen LogP contribution is 2.28. The second-order valence-corrected chi connectivity index (χ2v) is 5.82. The van der Waals surface area contributed by atoms with Crippen LogP contribution in [0.2, 0.25) is 0 Å². The van der Waals surface area contributed by atoms with Gasteiger partial charge in [-0.15, -0.1) is 0 Å². The van der Waals surface area contributed by atoms with Gasteiger partial charge < -0.3 is 10.1 Å². The van der Waals surface area contributed by atoms with Crippen molar-refractivity contribution < 1.29 is 14.3 Å². The number of carbonyl (C=O) groups excluding carboxylic acids is 2. The number of hydrogen-bond acceptors (Lipinski definition) is 4. The van der Waals surface area contributed by atoms with Crippen molar-refractivity contribution >= 4 is 11.9 Å². The minimum atomic E-state index is -0.414. The predicted molar refractivity (Wildman–Crippen MR) is 84.3 cm³/mol. The Morgan fingerprint density at radius 2 is 2.09 bits per heavy atom. The van der Waals surface area contributed by atoms with E-state index >= 15 is 0 Å². The zero-order valence-electron chi connectivity index (χ0n) is 13.5. The summed E-state index contributed by atoms with van der Waals surface area (Å²) in [5.74, 6) is -0.282. The minimum absolute atomic E-state index is 0.0302. The largest absolute Gasteiger partial charge is 0.468 e. The number of likely N-dealkylation sites (tertiary alicyclic amines) is 1. The smallest absolute Gasteiger partial charge is 0.327 e. The van der Waals surface area contributed by atoms with Crippen LogP contribution in [0.4, 0.5) is 0 Å². The van der Waals surface area contributed by atoms with E-state index in [1.54, 1.807) is 0 Å². The lowest BCUT2D eigenvalue weighted by Gasteiger charge is -2.37. The number of carbonyl (C=O) groups is 2. The van der Waals surface area contributed by atoms with E-state index in [0.717, 1.165) is 30.5 Å². The molecule has 0 aromatic heterocycles. The van der Waals surface area contributed by atoms with Gasteiger partial charge in [0.05, 0.1) is 7.11 Å². The Morgan fingerprint density at radius 3 is 2.73 bits per heavy atom. The quantitative estimate of drug-likeness (QED) is 0.862. The summed E-state index contributed by atoms with van der Waals surface area (Å²) in [5, 5.41) is 2.96. The molecular weight excluding hydrogens is 280 g/mol. The van der Waals surface area contributed by atoms with Crippen LogP contribution in [0.3, 0.4) is 0 Å². The second-order valence-electron chi connectivity index (χ2n) is 5.82. The Balaban J connectivity index is 2.24. The predicted octanol–water partition coefficient (Wildman–Crippen LogP) is 1.81. The first-order valence-corrected chi connectivity index (χ1v) is 7.67. The molecule has 1 fully saturated rings. The van der Waals surface area contributed by atoms with E-state index in [1.165, 1.54) is 14.0 Å². The van der Waals surface area contributed by atoms with Crippen LogP contribution >= 0.6 is 0 Å². The molecule has 1 aliphatic heterocycles. The van der Waals surface area contributed by atoms with Crippen LogP contribution in [0, 0.1) is 6.92 Å². The van der Waals surface area contributed by atoms with Crippen molar-refractivity contribution in [3.63, 3.8) is 0 Å². The summed E-state index contributed by atoms with van der Waals surface area (Å²) in [6.07, 6.45) is 1.89. The molecule has 1 heterocycles. The third-order valence-corrected chi connectivity index (χ3v) is 4.13. The van der Waals surface area contributed by atoms with Crippen LogP contribution < -0.4 is 5.32 Å². The fourth-order valence-electron chi connectivity index (χ4n) is 3.12. The number of amides is 1. The van der Waals surface area contributed by atoms with E-state index < -0.39 is 6.04 Å². The van der Waals surface area contributed by atoms with Gasteiger partial charge in [0.1, 0.15) is 6.04 Å². The van der Waals surface area contributed by atoms with Crippen molar-refractivity contribution in [2.45, 2.75) is 38.8 Å². The normalized spacial score (nSPS) is 20.2. The molecule has 1 aromatic rings. The van der Waals surface area contributed by atoms with Crippen molar-refractivity contribution in [1.29, 1.82) is 0 Å². The molecule has 0 bridgehead atoms. The number of esters is 1. The summed E-state index contributed by atoms with van der Waals surface area (Å²) in [7, 11) is 1.42. The molecule has 0 spiro atoms. The molecule has 5 nitrogen and oxygen atoms in total. The highest BCUT2D eigenvalue weighted by atomic mass is 16.5. The minimum Gasteiger partial charge on any atom is -0.468 e. The van der Waals surface area contributed by atoms with Crippen LogP contribution in [0.15, 0.2) is 24.3 Å². The van der Waals surface area contributed by atoms with Gasteiger partial charge in [-0.1, -0.05) is 24.3 Å². The number of ether oxygens (including phenoxy) is 1. The van der Waals surface area contributed by atoms with Crippen LogP contribution in [0.1, 0.15) is 36.9 Å². The Kier molecular flexibility index (Phi) is 5.55. The molecule has 1 aromatic carbocycles. The Hall–Kier alpha value is -1.88. The number of rotatable bonds is 4. The fraction of sp³-hybridized carbons (Fsp3) is 0.529. The zero-order valence-corrected chi connectivity index (χ0v) is 13.5. The average Bonchev–Trinajstić information content (AvgIpc) is 2.49. The van der Waals surface area contributed by atoms with Gasteiger partial charge in [0.15, 0.2) is 0 Å². The third-order valence-electron chi connectivity index (χ3n) is 4.13. The van der Waals surface area contributed by atoms with Gasteiger partial charge in [0.25, 0.3) is 0 Å². The number of aryl methyl sites for hydroxylation is 1. The molecule has 1 aliphatic rings. The van der Waals surface area contributed by atoms with Crippen molar-refractivity contribution in [3.05, 3.63) is 35.4 Å². The number of hydrogen-bond donors (Lipinski definition) is 1. The number of benzene rings is 1. The Morgan fingerprint density at radius 1 is 1.36 bits per heavy atom. The Bertz CT molecular complexity index is 544. The van der Waals surface area contributed by atoms with Crippen LogP contribution in [0.5, 0.6) is 0 Å². The van der Waals surface area contributed by atoms with Gasteiger partial charge in [-0.3, -0.25) is 9.69 Å². The first-order chi connectivity index (χ1) is 10.5. The molecule has 0 aliphatic carbocycles. The lowest BCUT2D eigenvalue weighted by Crippen LogP contribution is -2.49. The number of nitrogens with one attached hydrogen (secondary N) is 1. The lowest BCUT2D eigenvalue weighted by molar-refractivity contribution is -0.148. The summed E-state index contributed by atoms with van der Waals surface area (Å²) in [5.41, 5.74) is 2.04. The summed E-state index contributed by atoms with van der Waals surface area (Å²) in [4.78, 5) is 25.7. The molecule has 0 saturated carbocycles. The standard InChI is InChI=1S/C17H24N2O3/c1-12-7-4-5-9-15(12)16(17(21)22-3)19-10-6-8-14(11-19)18-13(2)20/h4-5,7,9,14,16H,6,8,10-11H2,1-3H3,(H,18,20)/t14-,16+/m1/s1. The first kappa shape index (κ1) is 16.5. The first-order valence-electron chi connectivity index (χ1n) is 7.67. The SMILES string of the molecule is COC(=O)[C@H](c1ccccc1C)N1CCC[C@@H](NC(C)=O)C1. The van der Waals surface area contributed by atoms with Gasteiger partial charge in [0.2, 0.25) is 5.91 Å². The highest BCUT2D eigenvalue weighted by Gasteiger charge is 2.33. The van der Waals surface area contributed by atoms with Crippen LogP contribution in [-0.2, 0) is 14.3 Å². The van der Waals surface area contributed by atoms with Crippen molar-refractivity contribution in [2.75, 3.05) is 20.2 Å². The van der Waals surface area contributed by atoms with E-state index in [2.05, 4.69) is 10.2 Å². The molecular formula is C17H24N2O3. The molecule has 1 amide bonds. The molecule has 1 N–H and O–H groups in total. The van der Waals surface area contributed by atoms with Crippen LogP contribution in [0.25, 0.3) is 0 Å². The van der Waals surface area contributed by atoms with Gasteiger partial charge >= 0.3 is 5.97 Å². The molecule has 120 valence electrons. The van der Waals surface area contributed by atoms with Gasteiger partial charge in [-0.25, -0.2) is 4.79 Å². The van der Waals surface area contributed by atoms with Crippen molar-refractivity contribution in [2.24, 2.45) is 0 Å². The number of nitrogens with zero attached hydrogens (tertiary/aromatic N) is 1. The molecule has 1 saturated heterocycles. The topological polar surface area (TPSA) is 58.6 Å². The maximum absolute atomic E-state index is 12.3. The summed E-state index contributed by atoms with van der Waals surface area (Å²) < 4.78 is 5.02. The second kappa shape index (κ2) is 7.40. The lowest BCUT2D eigenvalue weighted by atomic mass is 9.96. The molecule has 2 atom stereocenters. The monoisotopic (exact) mass is 304 g/mol. The molecule has 5 heteroatoms. The fourth-order valence-corrected chi connectivity index (χ4v) is 3.12. The maximum Gasteiger partial charge on any atom is 0.327 e. The zero-order chi connectivity index (χ0) is 16.1. The maximum atomic E-state index is 12.3. The number of methoxy groups -OCH3 is 1. The Labute approximate surface area is 131 Å². The van der Waals surface area contributed by atoms with Gasteiger partial charge in [-0.2, -0.15) is 0 Å². The molecule has 0 unspecified atom stereocenters. The highest BCUT2D eigenvalue weighted by molar-refractivity contribution is 5.78. The van der Waals surface area contributed by atoms with Gasteiger partial charge in [0, 0.05) is 19.5 Å². The van der Waals surface area contributed by atoms with E-state index in [0.29, 0.717) is 6.54 Å².